The summed E-state index contributed by atoms with van der Waals surface area (Å²) in [5, 5.41) is 7.69. The molecule has 2 heterocycles. The lowest BCUT2D eigenvalue weighted by Gasteiger charge is -2.32. The number of hydrogen-bond donors (Lipinski definition) is 0. The van der Waals surface area contributed by atoms with Crippen molar-refractivity contribution in [1.29, 1.82) is 0 Å². The van der Waals surface area contributed by atoms with Gasteiger partial charge in [-0.05, 0) is 13.3 Å². The van der Waals surface area contributed by atoms with Crippen molar-refractivity contribution in [3.05, 3.63) is 11.4 Å². The summed E-state index contributed by atoms with van der Waals surface area (Å²) in [6.45, 7) is 6.03. The Morgan fingerprint density at radius 2 is 2.35 bits per heavy atom. The quantitative estimate of drug-likeness (QED) is 0.753. The summed E-state index contributed by atoms with van der Waals surface area (Å²) in [6, 6.07) is 0. The van der Waals surface area contributed by atoms with Gasteiger partial charge >= 0.3 is 0 Å². The maximum Gasteiger partial charge on any atom is 0.122 e. The Balaban J connectivity index is 1.83. The Hall–Kier alpha value is -0.980. The molecule has 0 N–H and O–H groups in total. The maximum absolute atomic E-state index is 5.68. The van der Waals surface area contributed by atoms with Crippen molar-refractivity contribution in [1.82, 2.24) is 15.2 Å². The maximum atomic E-state index is 5.68. The van der Waals surface area contributed by atoms with E-state index in [0.29, 0.717) is 0 Å². The minimum atomic E-state index is 0.254. The van der Waals surface area contributed by atoms with E-state index in [4.69, 9.17) is 14.1 Å². The molecule has 1 atom stereocenters. The van der Waals surface area contributed by atoms with Crippen LogP contribution in [0.5, 0.6) is 0 Å². The molecule has 0 spiro atoms. The van der Waals surface area contributed by atoms with Gasteiger partial charge in [-0.2, -0.15) is 0 Å². The predicted molar refractivity (Wildman–Crippen MR) is 60.5 cm³/mol. The van der Waals surface area contributed by atoms with Gasteiger partial charge in [0, 0.05) is 33.4 Å². The molecule has 1 aromatic rings. The molecule has 6 nitrogen and oxygen atoms in total. The third-order valence-electron chi connectivity index (χ3n) is 2.99. The highest BCUT2D eigenvalue weighted by Gasteiger charge is 2.21. The third-order valence-corrected chi connectivity index (χ3v) is 2.99. The van der Waals surface area contributed by atoms with Crippen LogP contribution >= 0.6 is 0 Å². The van der Waals surface area contributed by atoms with Gasteiger partial charge < -0.3 is 9.47 Å². The minimum absolute atomic E-state index is 0.254. The predicted octanol–water partition coefficient (Wildman–Crippen LogP) is 0.615. The minimum Gasteiger partial charge on any atom is -0.385 e. The van der Waals surface area contributed by atoms with Gasteiger partial charge in [0.2, 0.25) is 0 Å². The van der Waals surface area contributed by atoms with Crippen LogP contribution in [0.25, 0.3) is 0 Å². The second-order valence-electron chi connectivity index (χ2n) is 4.31. The van der Waals surface area contributed by atoms with Crippen molar-refractivity contribution in [2.45, 2.75) is 26.0 Å². The highest BCUT2D eigenvalue weighted by atomic mass is 16.6. The summed E-state index contributed by atoms with van der Waals surface area (Å²) in [6.07, 6.45) is 1.19. The Morgan fingerprint density at radius 1 is 1.47 bits per heavy atom. The summed E-state index contributed by atoms with van der Waals surface area (Å²) >= 11 is 0. The first-order chi connectivity index (χ1) is 8.29. The molecule has 1 aliphatic rings. The lowest BCUT2D eigenvalue weighted by atomic mass is 10.2. The molecule has 17 heavy (non-hydrogen) atoms. The van der Waals surface area contributed by atoms with Gasteiger partial charge in [0.15, 0.2) is 0 Å². The smallest absolute Gasteiger partial charge is 0.122 e. The highest BCUT2D eigenvalue weighted by Crippen LogP contribution is 2.12. The molecule has 6 heteroatoms. The Kier molecular flexibility index (Phi) is 4.47. The van der Waals surface area contributed by atoms with Gasteiger partial charge in [-0.1, -0.05) is 10.3 Å². The van der Waals surface area contributed by atoms with Crippen molar-refractivity contribution >= 4 is 0 Å². The van der Waals surface area contributed by atoms with Gasteiger partial charge in [0.25, 0.3) is 0 Å². The molecule has 1 fully saturated rings. The highest BCUT2D eigenvalue weighted by molar-refractivity contribution is 5.04. The normalized spacial score (nSPS) is 21.9. The number of ether oxygens (including phenoxy) is 2. The van der Waals surface area contributed by atoms with Crippen LogP contribution in [0.1, 0.15) is 17.8 Å². The first kappa shape index (κ1) is 12.5. The third kappa shape index (κ3) is 3.49. The van der Waals surface area contributed by atoms with Crippen molar-refractivity contribution in [2.24, 2.45) is 0 Å². The number of morpholine rings is 1. The van der Waals surface area contributed by atoms with Crippen LogP contribution in [0.3, 0.4) is 0 Å². The Morgan fingerprint density at radius 3 is 3.06 bits per heavy atom. The van der Waals surface area contributed by atoms with Crippen LogP contribution in [0.4, 0.5) is 0 Å². The van der Waals surface area contributed by atoms with Gasteiger partial charge in [-0.15, -0.1) is 0 Å². The molecule has 0 aliphatic carbocycles. The van der Waals surface area contributed by atoms with Crippen LogP contribution in [0.15, 0.2) is 4.63 Å². The summed E-state index contributed by atoms with van der Waals surface area (Å²) in [7, 11) is 1.71. The average Bonchev–Trinajstić information content (AvgIpc) is 2.73. The molecule has 1 unspecified atom stereocenters. The summed E-state index contributed by atoms with van der Waals surface area (Å²) in [4.78, 5) is 2.32. The molecule has 1 aromatic heterocycles. The zero-order valence-electron chi connectivity index (χ0n) is 10.4. The topological polar surface area (TPSA) is 60.6 Å². The van der Waals surface area contributed by atoms with E-state index >= 15 is 0 Å². The molecule has 2 rings (SSSR count). The zero-order chi connectivity index (χ0) is 12.1. The SMILES string of the molecule is COCCC1CN(Cc2nonc2C)CCO1. The van der Waals surface area contributed by atoms with E-state index in [-0.39, 0.29) is 6.10 Å². The summed E-state index contributed by atoms with van der Waals surface area (Å²) in [5.74, 6) is 0. The largest absolute Gasteiger partial charge is 0.385 e. The van der Waals surface area contributed by atoms with E-state index in [0.717, 1.165) is 50.7 Å². The fourth-order valence-electron chi connectivity index (χ4n) is 1.95. The van der Waals surface area contributed by atoms with Gasteiger partial charge in [-0.3, -0.25) is 4.90 Å². The number of nitrogens with zero attached hydrogens (tertiary/aromatic N) is 3. The van der Waals surface area contributed by atoms with Crippen LogP contribution in [-0.2, 0) is 16.0 Å². The Labute approximate surface area is 101 Å². The standard InChI is InChI=1S/C11H19N3O3/c1-9-11(13-17-12-9)8-14-4-6-16-10(7-14)3-5-15-2/h10H,3-8H2,1-2H3. The van der Waals surface area contributed by atoms with E-state index in [2.05, 4.69) is 15.2 Å². The molecule has 0 aromatic carbocycles. The van der Waals surface area contributed by atoms with Crippen LogP contribution in [-0.4, -0.2) is 54.7 Å². The molecule has 0 radical (unpaired) electrons. The van der Waals surface area contributed by atoms with E-state index < -0.39 is 0 Å². The molecular weight excluding hydrogens is 222 g/mol. The van der Waals surface area contributed by atoms with Crippen molar-refractivity contribution in [3.63, 3.8) is 0 Å². The monoisotopic (exact) mass is 241 g/mol. The Bertz CT molecular complexity index is 342. The zero-order valence-corrected chi connectivity index (χ0v) is 10.4. The molecule has 0 amide bonds. The van der Waals surface area contributed by atoms with Gasteiger partial charge in [0.05, 0.1) is 12.7 Å². The van der Waals surface area contributed by atoms with Gasteiger partial charge in [0.1, 0.15) is 11.4 Å². The number of methoxy groups -OCH3 is 1. The molecule has 1 saturated heterocycles. The average molecular weight is 241 g/mol. The van der Waals surface area contributed by atoms with Crippen LogP contribution in [0.2, 0.25) is 0 Å². The van der Waals surface area contributed by atoms with E-state index in [1.807, 2.05) is 6.92 Å². The van der Waals surface area contributed by atoms with Gasteiger partial charge in [-0.25, -0.2) is 4.63 Å². The molecule has 1 aliphatic heterocycles. The van der Waals surface area contributed by atoms with Crippen molar-refractivity contribution in [3.8, 4) is 0 Å². The van der Waals surface area contributed by atoms with E-state index in [1.54, 1.807) is 7.11 Å². The molecular formula is C11H19N3O3. The number of aromatic nitrogens is 2. The lowest BCUT2D eigenvalue weighted by molar-refractivity contribution is -0.0437. The molecule has 0 bridgehead atoms. The molecule has 96 valence electrons. The second-order valence-corrected chi connectivity index (χ2v) is 4.31. The first-order valence-electron chi connectivity index (χ1n) is 5.90. The summed E-state index contributed by atoms with van der Waals surface area (Å²) < 4.78 is 15.4. The fraction of sp³-hybridized carbons (Fsp3) is 0.818. The number of aryl methyl sites for hydroxylation is 1. The number of rotatable bonds is 5. The first-order valence-corrected chi connectivity index (χ1v) is 5.90. The fourth-order valence-corrected chi connectivity index (χ4v) is 1.95. The van der Waals surface area contributed by atoms with E-state index in [9.17, 15) is 0 Å². The van der Waals surface area contributed by atoms with Crippen LogP contribution in [0, 0.1) is 6.92 Å². The summed E-state index contributed by atoms with van der Waals surface area (Å²) in [5.41, 5.74) is 1.78. The van der Waals surface area contributed by atoms with Crippen LogP contribution < -0.4 is 0 Å². The van der Waals surface area contributed by atoms with E-state index in [1.165, 1.54) is 0 Å². The second kappa shape index (κ2) is 6.09. The number of hydrogen-bond acceptors (Lipinski definition) is 6. The molecule has 0 saturated carbocycles. The van der Waals surface area contributed by atoms with Crippen molar-refractivity contribution < 1.29 is 14.1 Å². The lowest BCUT2D eigenvalue weighted by Crippen LogP contribution is -2.42. The van der Waals surface area contributed by atoms with Crippen molar-refractivity contribution in [2.75, 3.05) is 33.4 Å².